The van der Waals surface area contributed by atoms with Gasteiger partial charge in [-0.25, -0.2) is 4.98 Å². The van der Waals surface area contributed by atoms with Crippen LogP contribution in [0.2, 0.25) is 0 Å². The highest BCUT2D eigenvalue weighted by Crippen LogP contribution is 2.47. The van der Waals surface area contributed by atoms with Gasteiger partial charge in [0.25, 0.3) is 0 Å². The number of ketones is 1. The average Bonchev–Trinajstić information content (AvgIpc) is 3.22. The lowest BCUT2D eigenvalue weighted by Gasteiger charge is -2.15. The molecule has 0 atom stereocenters. The first-order chi connectivity index (χ1) is 18.1. The fraction of sp³-hybridized carbons (Fsp3) is 0.156. The van der Waals surface area contributed by atoms with Crippen molar-refractivity contribution in [3.05, 3.63) is 90.0 Å². The van der Waals surface area contributed by atoms with E-state index in [1.165, 1.54) is 0 Å². The molecule has 1 aliphatic rings. The molecule has 5 aromatic rings. The number of benzene rings is 4. The minimum Gasteiger partial charge on any atom is -0.490 e. The van der Waals surface area contributed by atoms with Gasteiger partial charge in [-0.2, -0.15) is 0 Å². The Kier molecular flexibility index (Phi) is 5.68. The molecule has 0 N–H and O–H groups in total. The normalized spacial score (nSPS) is 12.0. The van der Waals surface area contributed by atoms with Crippen molar-refractivity contribution in [1.82, 2.24) is 4.98 Å². The molecule has 0 saturated heterocycles. The molecular weight excluding hydrogens is 462 g/mol. The quantitative estimate of drug-likeness (QED) is 0.139. The SMILES string of the molecule is CCCC(=O)Oc1ccc(-c2nc3ccc4ccccc4c3c3c2C(=O)c2ccccc2-3)cc1OCC. The van der Waals surface area contributed by atoms with Gasteiger partial charge >= 0.3 is 5.97 Å². The van der Waals surface area contributed by atoms with Crippen LogP contribution in [0.3, 0.4) is 0 Å². The fourth-order valence-electron chi connectivity index (χ4n) is 5.15. The molecule has 182 valence electrons. The van der Waals surface area contributed by atoms with Gasteiger partial charge in [0.15, 0.2) is 17.3 Å². The van der Waals surface area contributed by atoms with Gasteiger partial charge in [0.1, 0.15) is 0 Å². The zero-order valence-corrected chi connectivity index (χ0v) is 20.7. The van der Waals surface area contributed by atoms with Crippen molar-refractivity contribution in [1.29, 1.82) is 0 Å². The predicted octanol–water partition coefficient (Wildman–Crippen LogP) is 7.37. The van der Waals surface area contributed by atoms with Gasteiger partial charge in [-0.3, -0.25) is 9.59 Å². The summed E-state index contributed by atoms with van der Waals surface area (Å²) >= 11 is 0. The second-order valence-electron chi connectivity index (χ2n) is 9.08. The Morgan fingerprint density at radius 1 is 0.838 bits per heavy atom. The van der Waals surface area contributed by atoms with E-state index in [1.807, 2.05) is 68.4 Å². The first-order valence-corrected chi connectivity index (χ1v) is 12.6. The summed E-state index contributed by atoms with van der Waals surface area (Å²) in [5.74, 6) is 0.460. The molecule has 0 saturated carbocycles. The molecule has 37 heavy (non-hydrogen) atoms. The van der Waals surface area contributed by atoms with E-state index in [4.69, 9.17) is 14.5 Å². The van der Waals surface area contributed by atoms with Crippen molar-refractivity contribution in [2.45, 2.75) is 26.7 Å². The van der Waals surface area contributed by atoms with Crippen LogP contribution < -0.4 is 9.47 Å². The Balaban J connectivity index is 1.62. The molecule has 0 unspecified atom stereocenters. The van der Waals surface area contributed by atoms with Gasteiger partial charge in [-0.15, -0.1) is 0 Å². The second-order valence-corrected chi connectivity index (χ2v) is 9.08. The number of ether oxygens (including phenoxy) is 2. The zero-order chi connectivity index (χ0) is 25.5. The van der Waals surface area contributed by atoms with Crippen LogP contribution in [0.4, 0.5) is 0 Å². The van der Waals surface area contributed by atoms with Crippen LogP contribution in [0.5, 0.6) is 11.5 Å². The Labute approximate surface area is 214 Å². The molecular formula is C32H25NO4. The predicted molar refractivity (Wildman–Crippen MR) is 145 cm³/mol. The number of esters is 1. The highest BCUT2D eigenvalue weighted by molar-refractivity contribution is 6.30. The van der Waals surface area contributed by atoms with Gasteiger partial charge in [0.2, 0.25) is 0 Å². The molecule has 5 nitrogen and oxygen atoms in total. The maximum absolute atomic E-state index is 13.8. The van der Waals surface area contributed by atoms with E-state index in [1.54, 1.807) is 6.07 Å². The fourth-order valence-corrected chi connectivity index (χ4v) is 5.15. The topological polar surface area (TPSA) is 65.5 Å². The lowest BCUT2D eigenvalue weighted by molar-refractivity contribution is -0.134. The van der Waals surface area contributed by atoms with Crippen molar-refractivity contribution in [3.63, 3.8) is 0 Å². The summed E-state index contributed by atoms with van der Waals surface area (Å²) in [6.07, 6.45) is 1.03. The third-order valence-corrected chi connectivity index (χ3v) is 6.74. The Bertz CT molecular complexity index is 1720. The van der Waals surface area contributed by atoms with Crippen molar-refractivity contribution in [3.8, 4) is 33.9 Å². The maximum atomic E-state index is 13.8. The average molecular weight is 488 g/mol. The van der Waals surface area contributed by atoms with Gasteiger partial charge in [-0.1, -0.05) is 61.5 Å². The first kappa shape index (κ1) is 22.9. The maximum Gasteiger partial charge on any atom is 0.311 e. The van der Waals surface area contributed by atoms with Crippen molar-refractivity contribution in [2.75, 3.05) is 6.61 Å². The van der Waals surface area contributed by atoms with Gasteiger partial charge in [0.05, 0.1) is 23.4 Å². The molecule has 0 bridgehead atoms. The summed E-state index contributed by atoms with van der Waals surface area (Å²) in [6, 6.07) is 25.4. The lowest BCUT2D eigenvalue weighted by Crippen LogP contribution is -2.08. The molecule has 0 spiro atoms. The number of fused-ring (bicyclic) bond motifs is 7. The van der Waals surface area contributed by atoms with E-state index >= 15 is 0 Å². The Hall–Kier alpha value is -4.51. The highest BCUT2D eigenvalue weighted by atomic mass is 16.6. The van der Waals surface area contributed by atoms with Crippen molar-refractivity contribution >= 4 is 33.4 Å². The van der Waals surface area contributed by atoms with E-state index in [0.29, 0.717) is 47.8 Å². The van der Waals surface area contributed by atoms with Crippen LogP contribution in [0.15, 0.2) is 78.9 Å². The number of rotatable bonds is 6. The van der Waals surface area contributed by atoms with Gasteiger partial charge < -0.3 is 9.47 Å². The minimum atomic E-state index is -0.307. The van der Waals surface area contributed by atoms with E-state index in [0.717, 1.165) is 38.4 Å². The molecule has 1 aliphatic carbocycles. The van der Waals surface area contributed by atoms with Crippen LogP contribution in [-0.4, -0.2) is 23.3 Å². The monoisotopic (exact) mass is 487 g/mol. The van der Waals surface area contributed by atoms with Gasteiger partial charge in [-0.05, 0) is 53.9 Å². The van der Waals surface area contributed by atoms with E-state index in [-0.39, 0.29) is 11.8 Å². The highest BCUT2D eigenvalue weighted by Gasteiger charge is 2.33. The van der Waals surface area contributed by atoms with Crippen LogP contribution in [-0.2, 0) is 4.79 Å². The van der Waals surface area contributed by atoms with E-state index < -0.39 is 0 Å². The molecule has 1 aromatic heterocycles. The molecule has 1 heterocycles. The van der Waals surface area contributed by atoms with Crippen LogP contribution in [0.1, 0.15) is 42.6 Å². The smallest absolute Gasteiger partial charge is 0.311 e. The van der Waals surface area contributed by atoms with E-state index in [9.17, 15) is 9.59 Å². The molecule has 0 aliphatic heterocycles. The number of hydrogen-bond acceptors (Lipinski definition) is 5. The van der Waals surface area contributed by atoms with E-state index in [2.05, 4.69) is 18.2 Å². The molecule has 0 radical (unpaired) electrons. The lowest BCUT2D eigenvalue weighted by atomic mass is 9.93. The first-order valence-electron chi connectivity index (χ1n) is 12.6. The largest absolute Gasteiger partial charge is 0.490 e. The summed E-state index contributed by atoms with van der Waals surface area (Å²) in [5.41, 5.74) is 5.22. The number of pyridine rings is 1. The summed E-state index contributed by atoms with van der Waals surface area (Å²) < 4.78 is 11.4. The number of carbonyl (C=O) groups is 2. The molecule has 0 fully saturated rings. The minimum absolute atomic E-state index is 0.0423. The van der Waals surface area contributed by atoms with Crippen LogP contribution in [0, 0.1) is 0 Å². The Morgan fingerprint density at radius 3 is 2.43 bits per heavy atom. The van der Waals surface area contributed by atoms with Gasteiger partial charge in [0, 0.05) is 28.5 Å². The number of nitrogens with zero attached hydrogens (tertiary/aromatic N) is 1. The summed E-state index contributed by atoms with van der Waals surface area (Å²) in [5, 5.41) is 3.14. The number of aromatic nitrogens is 1. The molecule has 4 aromatic carbocycles. The van der Waals surface area contributed by atoms with Crippen LogP contribution >= 0.6 is 0 Å². The third-order valence-electron chi connectivity index (χ3n) is 6.74. The summed E-state index contributed by atoms with van der Waals surface area (Å²) in [7, 11) is 0. The Morgan fingerprint density at radius 2 is 1.62 bits per heavy atom. The van der Waals surface area contributed by atoms with Crippen molar-refractivity contribution in [2.24, 2.45) is 0 Å². The summed E-state index contributed by atoms with van der Waals surface area (Å²) in [4.78, 5) is 31.0. The standard InChI is InChI=1S/C32H25NO4/c1-3-9-27(34)37-25-17-15-20(18-26(25)36-4-2)31-30-29(22-12-7-8-13-23(22)32(30)35)28-21-11-6-5-10-19(21)14-16-24(28)33-31/h5-8,10-18H,3-4,9H2,1-2H3. The molecule has 6 rings (SSSR count). The zero-order valence-electron chi connectivity index (χ0n) is 20.7. The van der Waals surface area contributed by atoms with Crippen molar-refractivity contribution < 1.29 is 19.1 Å². The molecule has 0 amide bonds. The van der Waals surface area contributed by atoms with Crippen LogP contribution in [0.25, 0.3) is 44.1 Å². The second kappa shape index (κ2) is 9.17. The number of hydrogen-bond donors (Lipinski definition) is 0. The third kappa shape index (κ3) is 3.75. The molecule has 5 heteroatoms. The number of carbonyl (C=O) groups excluding carboxylic acids is 2. The summed E-state index contributed by atoms with van der Waals surface area (Å²) in [6.45, 7) is 4.21.